The van der Waals surface area contributed by atoms with Crippen LogP contribution in [0.15, 0.2) is 45.6 Å². The molecule has 4 rings (SSSR count). The van der Waals surface area contributed by atoms with E-state index in [4.69, 9.17) is 18.4 Å². The van der Waals surface area contributed by atoms with Crippen LogP contribution in [0.2, 0.25) is 0 Å². The fourth-order valence-electron chi connectivity index (χ4n) is 3.33. The minimum atomic E-state index is -5.17. The number of aromatic hydroxyl groups is 2. The molecule has 0 aliphatic carbocycles. The van der Waals surface area contributed by atoms with E-state index in [1.165, 1.54) is 24.3 Å². The Morgan fingerprint density at radius 2 is 1.68 bits per heavy atom. The van der Waals surface area contributed by atoms with E-state index < -0.39 is 63.1 Å². The van der Waals surface area contributed by atoms with Crippen LogP contribution in [0, 0.1) is 0 Å². The van der Waals surface area contributed by atoms with Gasteiger partial charge in [0.1, 0.15) is 46.5 Å². The molecule has 1 aliphatic heterocycles. The van der Waals surface area contributed by atoms with Crippen LogP contribution >= 0.6 is 0 Å². The molecule has 2 aromatic carbocycles. The van der Waals surface area contributed by atoms with Gasteiger partial charge < -0.3 is 43.6 Å². The van der Waals surface area contributed by atoms with Gasteiger partial charge in [0.15, 0.2) is 5.76 Å². The Hall–Kier alpha value is -3.40. The standard InChI is InChI=1S/C20H18O13S/c21-9-3-1-8(2-4-9)18-19(33-34(27,28)29)16(25)14-11(22)5-10(6-13(14)32-18)31-20-17(26)15(24)12(23)7-30-20/h1-6,12,15,17,20-24,26H,7H2,(H,27,28,29). The Kier molecular flexibility index (Phi) is 6.11. The monoisotopic (exact) mass is 498 g/mol. The highest BCUT2D eigenvalue weighted by molar-refractivity contribution is 7.81. The topological polar surface area (TPSA) is 213 Å². The Balaban J connectivity index is 1.84. The molecular weight excluding hydrogens is 480 g/mol. The zero-order valence-electron chi connectivity index (χ0n) is 16.9. The van der Waals surface area contributed by atoms with E-state index >= 15 is 0 Å². The summed E-state index contributed by atoms with van der Waals surface area (Å²) in [6.07, 6.45) is -5.99. The first kappa shape index (κ1) is 23.7. The van der Waals surface area contributed by atoms with Crippen molar-refractivity contribution in [1.29, 1.82) is 0 Å². The minimum Gasteiger partial charge on any atom is -0.508 e. The predicted octanol–water partition coefficient (Wildman–Crippen LogP) is -0.129. The summed E-state index contributed by atoms with van der Waals surface area (Å²) in [5.74, 6) is -2.46. The van der Waals surface area contributed by atoms with Gasteiger partial charge in [-0.1, -0.05) is 0 Å². The largest absolute Gasteiger partial charge is 0.508 e. The first-order chi connectivity index (χ1) is 15.9. The predicted molar refractivity (Wildman–Crippen MR) is 112 cm³/mol. The second-order valence-electron chi connectivity index (χ2n) is 7.33. The Bertz CT molecular complexity index is 1380. The quantitative estimate of drug-likeness (QED) is 0.253. The average molecular weight is 498 g/mol. The molecule has 4 unspecified atom stereocenters. The number of fused-ring (bicyclic) bond motifs is 1. The van der Waals surface area contributed by atoms with Crippen molar-refractivity contribution >= 4 is 21.4 Å². The van der Waals surface area contributed by atoms with E-state index in [1.807, 2.05) is 0 Å². The number of phenolic OH excluding ortho intramolecular Hbond substituents is 2. The molecule has 0 radical (unpaired) electrons. The number of hydrogen-bond donors (Lipinski definition) is 6. The number of hydrogen-bond acceptors (Lipinski definition) is 12. The fourth-order valence-corrected chi connectivity index (χ4v) is 3.69. The first-order valence-electron chi connectivity index (χ1n) is 9.57. The highest BCUT2D eigenvalue weighted by Gasteiger charge is 2.39. The molecule has 14 heteroatoms. The average Bonchev–Trinajstić information content (AvgIpc) is 2.75. The molecule has 0 saturated carbocycles. The summed E-state index contributed by atoms with van der Waals surface area (Å²) in [6.45, 7) is -0.348. The second-order valence-corrected chi connectivity index (χ2v) is 8.35. The van der Waals surface area contributed by atoms with Gasteiger partial charge in [0.2, 0.25) is 17.5 Å². The summed E-state index contributed by atoms with van der Waals surface area (Å²) in [4.78, 5) is 13.0. The second kappa shape index (κ2) is 8.75. The number of rotatable bonds is 5. The Morgan fingerprint density at radius 1 is 1.00 bits per heavy atom. The van der Waals surface area contributed by atoms with E-state index in [9.17, 15) is 38.7 Å². The molecule has 6 N–H and O–H groups in total. The summed E-state index contributed by atoms with van der Waals surface area (Å²) in [5, 5.41) is 48.8. The molecule has 1 aliphatic rings. The molecule has 34 heavy (non-hydrogen) atoms. The van der Waals surface area contributed by atoms with E-state index in [1.54, 1.807) is 0 Å². The van der Waals surface area contributed by atoms with Crippen molar-refractivity contribution < 1.29 is 56.6 Å². The molecular formula is C20H18O13S. The first-order valence-corrected chi connectivity index (χ1v) is 10.9. The number of ether oxygens (including phenoxy) is 2. The minimum absolute atomic E-state index is 0.0735. The lowest BCUT2D eigenvalue weighted by Crippen LogP contribution is -2.54. The van der Waals surface area contributed by atoms with Crippen LogP contribution in [0.1, 0.15) is 0 Å². The maximum atomic E-state index is 13.0. The SMILES string of the molecule is O=c1c(OS(=O)(=O)O)c(-c2ccc(O)cc2)oc2cc(OC3OCC(O)C(O)C3O)cc(O)c12. The van der Waals surface area contributed by atoms with Crippen LogP contribution in [0.3, 0.4) is 0 Å². The van der Waals surface area contributed by atoms with Crippen molar-refractivity contribution in [2.45, 2.75) is 24.6 Å². The maximum absolute atomic E-state index is 13.0. The molecule has 1 fully saturated rings. The lowest BCUT2D eigenvalue weighted by Gasteiger charge is -2.34. The lowest BCUT2D eigenvalue weighted by atomic mass is 10.1. The fraction of sp³-hybridized carbons (Fsp3) is 0.250. The van der Waals surface area contributed by atoms with Crippen molar-refractivity contribution in [3.05, 3.63) is 46.6 Å². The van der Waals surface area contributed by atoms with Gasteiger partial charge in [-0.05, 0) is 24.3 Å². The van der Waals surface area contributed by atoms with Gasteiger partial charge in [-0.15, -0.1) is 0 Å². The molecule has 3 aromatic rings. The van der Waals surface area contributed by atoms with E-state index in [0.717, 1.165) is 12.1 Å². The Labute approximate surface area is 190 Å². The third-order valence-electron chi connectivity index (χ3n) is 4.93. The molecule has 2 heterocycles. The summed E-state index contributed by atoms with van der Waals surface area (Å²) < 4.78 is 52.3. The Morgan fingerprint density at radius 3 is 2.32 bits per heavy atom. The van der Waals surface area contributed by atoms with Crippen molar-refractivity contribution in [1.82, 2.24) is 0 Å². The summed E-state index contributed by atoms with van der Waals surface area (Å²) >= 11 is 0. The van der Waals surface area contributed by atoms with Crippen molar-refractivity contribution in [2.75, 3.05) is 6.61 Å². The van der Waals surface area contributed by atoms with Gasteiger partial charge in [0, 0.05) is 17.7 Å². The molecule has 1 aromatic heterocycles. The molecule has 4 atom stereocenters. The van der Waals surface area contributed by atoms with Gasteiger partial charge in [0.25, 0.3) is 0 Å². The van der Waals surface area contributed by atoms with Gasteiger partial charge in [0.05, 0.1) is 6.61 Å². The van der Waals surface area contributed by atoms with Crippen LogP contribution in [0.25, 0.3) is 22.3 Å². The zero-order valence-corrected chi connectivity index (χ0v) is 17.7. The van der Waals surface area contributed by atoms with Gasteiger partial charge in [-0.2, -0.15) is 8.42 Å². The zero-order chi connectivity index (χ0) is 24.8. The number of aliphatic hydroxyl groups excluding tert-OH is 3. The number of benzene rings is 2. The summed E-state index contributed by atoms with van der Waals surface area (Å²) in [6, 6.07) is 7.03. The normalized spacial score (nSPS) is 23.1. The van der Waals surface area contributed by atoms with Crippen molar-refractivity contribution in [3.8, 4) is 34.3 Å². The summed E-state index contributed by atoms with van der Waals surface area (Å²) in [7, 11) is -5.17. The highest BCUT2D eigenvalue weighted by atomic mass is 32.3. The number of aliphatic hydroxyl groups is 3. The molecule has 182 valence electrons. The van der Waals surface area contributed by atoms with E-state index in [0.29, 0.717) is 0 Å². The molecule has 1 saturated heterocycles. The van der Waals surface area contributed by atoms with E-state index in [-0.39, 0.29) is 29.3 Å². The van der Waals surface area contributed by atoms with E-state index in [2.05, 4.69) is 4.18 Å². The van der Waals surface area contributed by atoms with Crippen molar-refractivity contribution in [3.63, 3.8) is 0 Å². The number of phenols is 2. The molecule has 13 nitrogen and oxygen atoms in total. The maximum Gasteiger partial charge on any atom is 0.446 e. The molecule has 0 bridgehead atoms. The van der Waals surface area contributed by atoms with Crippen LogP contribution in [-0.2, 0) is 15.1 Å². The van der Waals surface area contributed by atoms with Crippen LogP contribution in [0.4, 0.5) is 0 Å². The van der Waals surface area contributed by atoms with Crippen molar-refractivity contribution in [2.24, 2.45) is 0 Å². The van der Waals surface area contributed by atoms with Gasteiger partial charge >= 0.3 is 10.4 Å². The molecule has 0 spiro atoms. The highest BCUT2D eigenvalue weighted by Crippen LogP contribution is 2.37. The third-order valence-corrected chi connectivity index (χ3v) is 5.31. The van der Waals surface area contributed by atoms with Gasteiger partial charge in [-0.25, -0.2) is 0 Å². The van der Waals surface area contributed by atoms with Crippen LogP contribution in [-0.4, -0.2) is 69.7 Å². The summed E-state index contributed by atoms with van der Waals surface area (Å²) in [5.41, 5.74) is -1.39. The van der Waals surface area contributed by atoms with Gasteiger partial charge in [-0.3, -0.25) is 9.35 Å². The third kappa shape index (κ3) is 4.63. The van der Waals surface area contributed by atoms with Crippen LogP contribution < -0.4 is 14.3 Å². The lowest BCUT2D eigenvalue weighted by molar-refractivity contribution is -0.242. The molecule has 0 amide bonds. The van der Waals surface area contributed by atoms with Crippen LogP contribution in [0.5, 0.6) is 23.0 Å². The smallest absolute Gasteiger partial charge is 0.446 e.